The molecule has 0 unspecified atom stereocenters. The molecule has 0 radical (unpaired) electrons. The summed E-state index contributed by atoms with van der Waals surface area (Å²) >= 11 is 0. The number of hydrogen-bond acceptors (Lipinski definition) is 3. The molecule has 0 saturated heterocycles. The van der Waals surface area contributed by atoms with Crippen LogP contribution in [0, 0.1) is 0 Å². The van der Waals surface area contributed by atoms with E-state index in [2.05, 4.69) is 5.32 Å². The van der Waals surface area contributed by atoms with Gasteiger partial charge in [0.25, 0.3) is 0 Å². The van der Waals surface area contributed by atoms with Crippen molar-refractivity contribution in [3.63, 3.8) is 0 Å². The van der Waals surface area contributed by atoms with Crippen molar-refractivity contribution in [2.24, 2.45) is 0 Å². The molecule has 5 heteroatoms. The monoisotopic (exact) mass is 292 g/mol. The van der Waals surface area contributed by atoms with E-state index in [0.29, 0.717) is 6.54 Å². The van der Waals surface area contributed by atoms with Gasteiger partial charge in [0.2, 0.25) is 5.91 Å². The number of aliphatic carboxylic acids is 1. The summed E-state index contributed by atoms with van der Waals surface area (Å²) in [6.45, 7) is 6.18. The highest BCUT2D eigenvalue weighted by Gasteiger charge is 2.25. The molecular weight excluding hydrogens is 268 g/mol. The lowest BCUT2D eigenvalue weighted by atomic mass is 10.1. The Labute approximate surface area is 126 Å². The highest BCUT2D eigenvalue weighted by Crippen LogP contribution is 2.12. The zero-order valence-corrected chi connectivity index (χ0v) is 12.9. The van der Waals surface area contributed by atoms with Gasteiger partial charge in [-0.15, -0.1) is 0 Å². The molecule has 0 aliphatic carbocycles. The molecule has 1 aromatic rings. The zero-order valence-electron chi connectivity index (χ0n) is 12.9. The Balaban J connectivity index is 2.42. The van der Waals surface area contributed by atoms with E-state index in [9.17, 15) is 9.59 Å². The molecule has 0 aliphatic heterocycles. The van der Waals surface area contributed by atoms with Crippen LogP contribution in [0.2, 0.25) is 0 Å². The minimum atomic E-state index is -0.929. The first-order chi connectivity index (χ1) is 9.79. The third-order valence-corrected chi connectivity index (χ3v) is 3.19. The van der Waals surface area contributed by atoms with Gasteiger partial charge in [-0.25, -0.2) is 0 Å². The lowest BCUT2D eigenvalue weighted by Gasteiger charge is -2.33. The molecule has 1 aromatic carbocycles. The first-order valence-electron chi connectivity index (χ1n) is 7.06. The van der Waals surface area contributed by atoms with Crippen LogP contribution in [0.5, 0.6) is 0 Å². The van der Waals surface area contributed by atoms with E-state index in [1.165, 1.54) is 0 Å². The van der Waals surface area contributed by atoms with Crippen LogP contribution in [0.15, 0.2) is 30.3 Å². The summed E-state index contributed by atoms with van der Waals surface area (Å²) in [5.41, 5.74) is 0.797. The number of benzene rings is 1. The van der Waals surface area contributed by atoms with Crippen LogP contribution in [-0.2, 0) is 16.0 Å². The minimum Gasteiger partial charge on any atom is -0.480 e. The van der Waals surface area contributed by atoms with Crippen molar-refractivity contribution >= 4 is 11.9 Å². The van der Waals surface area contributed by atoms with Gasteiger partial charge >= 0.3 is 5.97 Å². The topological polar surface area (TPSA) is 69.6 Å². The normalized spacial score (nSPS) is 11.4. The molecule has 5 nitrogen and oxygen atoms in total. The number of carbonyl (C=O) groups excluding carboxylic acids is 1. The van der Waals surface area contributed by atoms with Crippen LogP contribution in [0.3, 0.4) is 0 Å². The fourth-order valence-corrected chi connectivity index (χ4v) is 1.91. The van der Waals surface area contributed by atoms with E-state index in [4.69, 9.17) is 5.11 Å². The van der Waals surface area contributed by atoms with Gasteiger partial charge in [0, 0.05) is 12.1 Å². The molecule has 1 amide bonds. The van der Waals surface area contributed by atoms with Gasteiger partial charge in [-0.3, -0.25) is 14.5 Å². The third-order valence-electron chi connectivity index (χ3n) is 3.19. The molecule has 21 heavy (non-hydrogen) atoms. The Morgan fingerprint density at radius 1 is 1.14 bits per heavy atom. The lowest BCUT2D eigenvalue weighted by Crippen LogP contribution is -2.49. The average molecular weight is 292 g/mol. The number of carbonyl (C=O) groups is 2. The molecule has 0 aromatic heterocycles. The van der Waals surface area contributed by atoms with Crippen molar-refractivity contribution in [3.05, 3.63) is 35.9 Å². The molecule has 1 rings (SSSR count). The number of carboxylic acids is 1. The van der Waals surface area contributed by atoms with Crippen molar-refractivity contribution in [3.8, 4) is 0 Å². The average Bonchev–Trinajstić information content (AvgIpc) is 2.37. The zero-order chi connectivity index (χ0) is 15.9. The number of nitrogens with one attached hydrogen (secondary N) is 1. The summed E-state index contributed by atoms with van der Waals surface area (Å²) < 4.78 is 0. The van der Waals surface area contributed by atoms with Crippen molar-refractivity contribution in [2.45, 2.75) is 32.7 Å². The van der Waals surface area contributed by atoms with Crippen molar-refractivity contribution in [1.82, 2.24) is 10.2 Å². The molecule has 0 bridgehead atoms. The predicted molar refractivity (Wildman–Crippen MR) is 82.1 cm³/mol. The van der Waals surface area contributed by atoms with Crippen molar-refractivity contribution < 1.29 is 14.7 Å². The van der Waals surface area contributed by atoms with E-state index in [1.807, 2.05) is 51.1 Å². The Morgan fingerprint density at radius 3 is 2.29 bits per heavy atom. The summed E-state index contributed by atoms with van der Waals surface area (Å²) in [6, 6.07) is 9.90. The highest BCUT2D eigenvalue weighted by molar-refractivity contribution is 5.79. The van der Waals surface area contributed by atoms with Crippen LogP contribution in [0.1, 0.15) is 26.3 Å². The molecule has 0 saturated carbocycles. The molecule has 0 aliphatic rings. The maximum absolute atomic E-state index is 11.9. The molecule has 0 atom stereocenters. The van der Waals surface area contributed by atoms with E-state index < -0.39 is 5.97 Å². The van der Waals surface area contributed by atoms with Crippen LogP contribution >= 0.6 is 0 Å². The molecule has 0 heterocycles. The summed E-state index contributed by atoms with van der Waals surface area (Å²) in [5.74, 6) is -1.08. The van der Waals surface area contributed by atoms with E-state index >= 15 is 0 Å². The smallest absolute Gasteiger partial charge is 0.317 e. The number of nitrogens with zero attached hydrogens (tertiary/aromatic N) is 1. The maximum atomic E-state index is 11.9. The molecular formula is C16H24N2O3. The summed E-state index contributed by atoms with van der Waals surface area (Å²) in [5, 5.41) is 11.7. The molecule has 0 spiro atoms. The number of rotatable bonds is 7. The lowest BCUT2D eigenvalue weighted by molar-refractivity contribution is -0.140. The van der Waals surface area contributed by atoms with Crippen molar-refractivity contribution in [2.75, 3.05) is 19.6 Å². The quantitative estimate of drug-likeness (QED) is 0.799. The highest BCUT2D eigenvalue weighted by atomic mass is 16.4. The summed E-state index contributed by atoms with van der Waals surface area (Å²) in [6.07, 6.45) is 0.765. The van der Waals surface area contributed by atoms with Gasteiger partial charge in [-0.1, -0.05) is 30.3 Å². The molecule has 116 valence electrons. The van der Waals surface area contributed by atoms with Gasteiger partial charge in [0.05, 0.1) is 13.1 Å². The van der Waals surface area contributed by atoms with Gasteiger partial charge < -0.3 is 10.4 Å². The van der Waals surface area contributed by atoms with Crippen LogP contribution in [-0.4, -0.2) is 47.1 Å². The minimum absolute atomic E-state index is 0.0879. The predicted octanol–water partition coefficient (Wildman–Crippen LogP) is 1.53. The van der Waals surface area contributed by atoms with Crippen LogP contribution in [0.25, 0.3) is 0 Å². The van der Waals surface area contributed by atoms with E-state index in [1.54, 1.807) is 4.90 Å². The second-order valence-electron chi connectivity index (χ2n) is 6.01. The largest absolute Gasteiger partial charge is 0.480 e. The summed E-state index contributed by atoms with van der Waals surface area (Å²) in [4.78, 5) is 24.4. The van der Waals surface area contributed by atoms with Gasteiger partial charge in [0.1, 0.15) is 0 Å². The third kappa shape index (κ3) is 6.90. The van der Waals surface area contributed by atoms with Crippen LogP contribution < -0.4 is 5.32 Å². The number of amides is 1. The number of hydrogen-bond donors (Lipinski definition) is 2. The fraction of sp³-hybridized carbons (Fsp3) is 0.500. The first kappa shape index (κ1) is 17.2. The second kappa shape index (κ2) is 7.78. The Bertz CT molecular complexity index is 466. The van der Waals surface area contributed by atoms with Crippen molar-refractivity contribution in [1.29, 1.82) is 0 Å². The second-order valence-corrected chi connectivity index (χ2v) is 6.01. The molecule has 0 fully saturated rings. The standard InChI is InChI=1S/C16H24N2O3/c1-16(2,3)18(12-15(20)21)11-14(19)17-10-9-13-7-5-4-6-8-13/h4-8H,9-12H2,1-3H3,(H,17,19)(H,20,21). The SMILES string of the molecule is CC(C)(C)N(CC(=O)O)CC(=O)NCCc1ccccc1. The van der Waals surface area contributed by atoms with Gasteiger partial charge in [-0.05, 0) is 32.8 Å². The first-order valence-corrected chi connectivity index (χ1v) is 7.06. The van der Waals surface area contributed by atoms with E-state index in [-0.39, 0.29) is 24.5 Å². The molecule has 2 N–H and O–H groups in total. The summed E-state index contributed by atoms with van der Waals surface area (Å²) in [7, 11) is 0. The van der Waals surface area contributed by atoms with E-state index in [0.717, 1.165) is 12.0 Å². The maximum Gasteiger partial charge on any atom is 0.317 e. The van der Waals surface area contributed by atoms with Gasteiger partial charge in [0.15, 0.2) is 0 Å². The Kier molecular flexibility index (Phi) is 6.37. The Hall–Kier alpha value is -1.88. The van der Waals surface area contributed by atoms with Gasteiger partial charge in [-0.2, -0.15) is 0 Å². The fourth-order valence-electron chi connectivity index (χ4n) is 1.91. The Morgan fingerprint density at radius 2 is 1.76 bits per heavy atom. The van der Waals surface area contributed by atoms with Crippen LogP contribution in [0.4, 0.5) is 0 Å². The number of carboxylic acid groups (broad SMARTS) is 1.